The standard InChI is InChI=1S/C12H12Br2N2O2S2/c1-16(6-8-4-12(14)19-7-8)20(17,18)9-2-3-10(13)11(15)5-9/h2-5,7H,6,15H2,1H3. The third-order valence-corrected chi connectivity index (χ3v) is 6.78. The van der Waals surface area contributed by atoms with Gasteiger partial charge in [-0.15, -0.1) is 11.3 Å². The molecule has 20 heavy (non-hydrogen) atoms. The molecule has 2 aromatic rings. The van der Waals surface area contributed by atoms with E-state index in [-0.39, 0.29) is 4.90 Å². The lowest BCUT2D eigenvalue weighted by molar-refractivity contribution is 0.467. The number of hydrogen-bond donors (Lipinski definition) is 1. The van der Waals surface area contributed by atoms with E-state index in [4.69, 9.17) is 5.73 Å². The van der Waals surface area contributed by atoms with E-state index in [9.17, 15) is 8.42 Å². The van der Waals surface area contributed by atoms with Gasteiger partial charge in [0.2, 0.25) is 10.0 Å². The molecular formula is C12H12Br2N2O2S2. The number of benzene rings is 1. The van der Waals surface area contributed by atoms with E-state index >= 15 is 0 Å². The molecule has 0 bridgehead atoms. The van der Waals surface area contributed by atoms with Crippen LogP contribution in [0.1, 0.15) is 5.56 Å². The zero-order valence-electron chi connectivity index (χ0n) is 10.5. The average molecular weight is 440 g/mol. The van der Waals surface area contributed by atoms with Crippen molar-refractivity contribution >= 4 is 58.9 Å². The van der Waals surface area contributed by atoms with Crippen LogP contribution >= 0.6 is 43.2 Å². The molecular weight excluding hydrogens is 428 g/mol. The smallest absolute Gasteiger partial charge is 0.243 e. The lowest BCUT2D eigenvalue weighted by Crippen LogP contribution is -2.26. The molecule has 0 radical (unpaired) electrons. The van der Waals surface area contributed by atoms with Crippen molar-refractivity contribution < 1.29 is 8.42 Å². The van der Waals surface area contributed by atoms with Crippen LogP contribution in [0.5, 0.6) is 0 Å². The van der Waals surface area contributed by atoms with Crippen LogP contribution in [0.4, 0.5) is 5.69 Å². The van der Waals surface area contributed by atoms with Crippen LogP contribution in [0.3, 0.4) is 0 Å². The number of sulfonamides is 1. The summed E-state index contributed by atoms with van der Waals surface area (Å²) in [5, 5.41) is 1.92. The molecule has 1 heterocycles. The molecule has 4 nitrogen and oxygen atoms in total. The van der Waals surface area contributed by atoms with Gasteiger partial charge in [0.05, 0.1) is 8.68 Å². The zero-order valence-corrected chi connectivity index (χ0v) is 15.3. The van der Waals surface area contributed by atoms with Gasteiger partial charge in [0.25, 0.3) is 0 Å². The number of anilines is 1. The topological polar surface area (TPSA) is 63.4 Å². The van der Waals surface area contributed by atoms with E-state index in [0.29, 0.717) is 16.7 Å². The lowest BCUT2D eigenvalue weighted by atomic mass is 10.3. The number of thiophene rings is 1. The van der Waals surface area contributed by atoms with E-state index in [1.54, 1.807) is 13.1 Å². The fourth-order valence-electron chi connectivity index (χ4n) is 1.63. The predicted octanol–water partition coefficient (Wildman–Crippen LogP) is 3.68. The molecule has 108 valence electrons. The number of nitrogen functional groups attached to an aromatic ring is 1. The number of rotatable bonds is 4. The van der Waals surface area contributed by atoms with Gasteiger partial charge in [-0.25, -0.2) is 8.42 Å². The Kier molecular flexibility index (Phi) is 4.91. The van der Waals surface area contributed by atoms with Gasteiger partial charge >= 0.3 is 0 Å². The fraction of sp³-hybridized carbons (Fsp3) is 0.167. The molecule has 0 saturated heterocycles. The number of hydrogen-bond acceptors (Lipinski definition) is 4. The largest absolute Gasteiger partial charge is 0.398 e. The van der Waals surface area contributed by atoms with Crippen LogP contribution < -0.4 is 5.73 Å². The van der Waals surface area contributed by atoms with E-state index < -0.39 is 10.0 Å². The first kappa shape index (κ1) is 16.0. The minimum atomic E-state index is -3.55. The van der Waals surface area contributed by atoms with Gasteiger partial charge in [-0.1, -0.05) is 0 Å². The molecule has 2 rings (SSSR count). The van der Waals surface area contributed by atoms with Gasteiger partial charge in [-0.05, 0) is 67.1 Å². The van der Waals surface area contributed by atoms with E-state index in [2.05, 4.69) is 31.9 Å². The van der Waals surface area contributed by atoms with Crippen molar-refractivity contribution in [3.8, 4) is 0 Å². The van der Waals surface area contributed by atoms with Crippen molar-refractivity contribution in [1.29, 1.82) is 0 Å². The molecule has 1 aromatic carbocycles. The third kappa shape index (κ3) is 3.43. The molecule has 0 saturated carbocycles. The summed E-state index contributed by atoms with van der Waals surface area (Å²) < 4.78 is 27.9. The van der Waals surface area contributed by atoms with Crippen molar-refractivity contribution in [3.63, 3.8) is 0 Å². The Morgan fingerprint density at radius 3 is 2.55 bits per heavy atom. The van der Waals surface area contributed by atoms with Crippen LogP contribution in [0, 0.1) is 0 Å². The zero-order chi connectivity index (χ0) is 14.9. The molecule has 1 aromatic heterocycles. The quantitative estimate of drug-likeness (QED) is 0.739. The van der Waals surface area contributed by atoms with Gasteiger partial charge in [0, 0.05) is 23.8 Å². The first-order valence-corrected chi connectivity index (χ1v) is 9.45. The van der Waals surface area contributed by atoms with Crippen molar-refractivity contribution in [2.24, 2.45) is 0 Å². The van der Waals surface area contributed by atoms with Crippen LogP contribution in [0.15, 0.2) is 42.8 Å². The Bertz CT molecular complexity index is 729. The highest BCUT2D eigenvalue weighted by Crippen LogP contribution is 2.26. The van der Waals surface area contributed by atoms with Gasteiger partial charge < -0.3 is 5.73 Å². The summed E-state index contributed by atoms with van der Waals surface area (Å²) in [6, 6.07) is 6.54. The minimum Gasteiger partial charge on any atom is -0.398 e. The molecule has 8 heteroatoms. The maximum absolute atomic E-state index is 12.5. The second kappa shape index (κ2) is 6.15. The summed E-state index contributed by atoms with van der Waals surface area (Å²) in [7, 11) is -1.99. The van der Waals surface area contributed by atoms with Crippen LogP contribution in [-0.2, 0) is 16.6 Å². The maximum atomic E-state index is 12.5. The Morgan fingerprint density at radius 2 is 2.00 bits per heavy atom. The first-order valence-electron chi connectivity index (χ1n) is 5.55. The number of nitrogens with two attached hydrogens (primary N) is 1. The van der Waals surface area contributed by atoms with Crippen molar-refractivity contribution in [3.05, 3.63) is 43.5 Å². The monoisotopic (exact) mass is 438 g/mol. The summed E-state index contributed by atoms with van der Waals surface area (Å²) in [4.78, 5) is 0.190. The Morgan fingerprint density at radius 1 is 1.30 bits per heavy atom. The van der Waals surface area contributed by atoms with Crippen LogP contribution in [0.25, 0.3) is 0 Å². The van der Waals surface area contributed by atoms with Crippen molar-refractivity contribution in [1.82, 2.24) is 4.31 Å². The Balaban J connectivity index is 2.27. The van der Waals surface area contributed by atoms with Gasteiger partial charge in [-0.3, -0.25) is 0 Å². The summed E-state index contributed by atoms with van der Waals surface area (Å²) in [6.45, 7) is 0.320. The van der Waals surface area contributed by atoms with Crippen molar-refractivity contribution in [2.75, 3.05) is 12.8 Å². The first-order chi connectivity index (χ1) is 9.30. The second-order valence-electron chi connectivity index (χ2n) is 4.20. The third-order valence-electron chi connectivity index (χ3n) is 2.70. The van der Waals surface area contributed by atoms with Crippen LogP contribution in [-0.4, -0.2) is 19.8 Å². The lowest BCUT2D eigenvalue weighted by Gasteiger charge is -2.17. The van der Waals surface area contributed by atoms with E-state index in [1.807, 2.05) is 11.4 Å². The van der Waals surface area contributed by atoms with Gasteiger partial charge in [0.15, 0.2) is 0 Å². The average Bonchev–Trinajstić information content (AvgIpc) is 2.78. The van der Waals surface area contributed by atoms with E-state index in [0.717, 1.165) is 9.35 Å². The number of nitrogens with zero attached hydrogens (tertiary/aromatic N) is 1. The maximum Gasteiger partial charge on any atom is 0.243 e. The van der Waals surface area contributed by atoms with Gasteiger partial charge in [0.1, 0.15) is 0 Å². The molecule has 0 fully saturated rings. The normalized spacial score (nSPS) is 12.0. The molecule has 0 atom stereocenters. The molecule has 0 spiro atoms. The van der Waals surface area contributed by atoms with Crippen molar-refractivity contribution in [2.45, 2.75) is 11.4 Å². The fourth-order valence-corrected chi connectivity index (χ4v) is 4.27. The Hall–Kier alpha value is -0.410. The van der Waals surface area contributed by atoms with Gasteiger partial charge in [-0.2, -0.15) is 4.31 Å². The SMILES string of the molecule is CN(Cc1csc(Br)c1)S(=O)(=O)c1ccc(Br)c(N)c1. The Labute approximate surface area is 138 Å². The molecule has 0 aliphatic heterocycles. The highest BCUT2D eigenvalue weighted by molar-refractivity contribution is 9.11. The molecule has 0 aliphatic carbocycles. The molecule has 2 N–H and O–H groups in total. The number of halogens is 2. The van der Waals surface area contributed by atoms with Crippen LogP contribution in [0.2, 0.25) is 0 Å². The van der Waals surface area contributed by atoms with E-state index in [1.165, 1.54) is 27.8 Å². The second-order valence-corrected chi connectivity index (χ2v) is 9.39. The summed E-state index contributed by atoms with van der Waals surface area (Å²) in [6.07, 6.45) is 0. The molecule has 0 aliphatic rings. The highest BCUT2D eigenvalue weighted by Gasteiger charge is 2.21. The molecule has 0 amide bonds. The molecule has 0 unspecified atom stereocenters. The highest BCUT2D eigenvalue weighted by atomic mass is 79.9. The predicted molar refractivity (Wildman–Crippen MR) is 89.2 cm³/mol. The summed E-state index contributed by atoms with van der Waals surface area (Å²) in [5.41, 5.74) is 7.08. The summed E-state index contributed by atoms with van der Waals surface area (Å²) in [5.74, 6) is 0. The minimum absolute atomic E-state index is 0.190. The summed E-state index contributed by atoms with van der Waals surface area (Å²) >= 11 is 8.14.